The summed E-state index contributed by atoms with van der Waals surface area (Å²) in [5, 5.41) is 8.27. The van der Waals surface area contributed by atoms with Crippen molar-refractivity contribution in [3.63, 3.8) is 0 Å². The second kappa shape index (κ2) is 6.40. The van der Waals surface area contributed by atoms with Crippen molar-refractivity contribution in [1.29, 1.82) is 0 Å². The largest absolute Gasteiger partial charge is 0.480 e. The van der Waals surface area contributed by atoms with Gasteiger partial charge in [-0.15, -0.1) is 0 Å². The minimum absolute atomic E-state index is 0.137. The number of alkyl halides is 3. The zero-order valence-corrected chi connectivity index (χ0v) is 12.0. The Morgan fingerprint density at radius 1 is 1.45 bits per heavy atom. The highest BCUT2D eigenvalue weighted by atomic mass is 79.9. The van der Waals surface area contributed by atoms with E-state index in [1.165, 1.54) is 12.3 Å². The van der Waals surface area contributed by atoms with Gasteiger partial charge in [0, 0.05) is 10.7 Å². The van der Waals surface area contributed by atoms with Crippen molar-refractivity contribution in [2.45, 2.75) is 6.18 Å². The van der Waals surface area contributed by atoms with Gasteiger partial charge in [0.15, 0.2) is 0 Å². The number of rotatable bonds is 4. The second-order valence-electron chi connectivity index (χ2n) is 3.66. The SMILES string of the molecule is O=C(O)CN(CC(F)(F)F)C(=O)c1cc(Br)cnc1Cl. The summed E-state index contributed by atoms with van der Waals surface area (Å²) in [6.07, 6.45) is -3.47. The molecule has 0 aromatic carbocycles. The van der Waals surface area contributed by atoms with E-state index in [1.807, 2.05) is 0 Å². The van der Waals surface area contributed by atoms with Crippen LogP contribution < -0.4 is 0 Å². The van der Waals surface area contributed by atoms with E-state index in [0.29, 0.717) is 4.47 Å². The molecule has 0 unspecified atom stereocenters. The molecule has 1 aromatic rings. The molecule has 0 aliphatic rings. The van der Waals surface area contributed by atoms with Gasteiger partial charge >= 0.3 is 12.1 Å². The van der Waals surface area contributed by atoms with E-state index >= 15 is 0 Å². The number of carboxylic acids is 1. The van der Waals surface area contributed by atoms with Crippen molar-refractivity contribution in [3.05, 3.63) is 27.5 Å². The smallest absolute Gasteiger partial charge is 0.406 e. The Kier molecular flexibility index (Phi) is 5.35. The lowest BCUT2D eigenvalue weighted by atomic mass is 10.2. The Balaban J connectivity index is 3.09. The fourth-order valence-corrected chi connectivity index (χ4v) is 1.84. The standard InChI is InChI=1S/C10H7BrClF3N2O3/c11-5-1-6(8(12)16-2-5)9(20)17(3-7(18)19)4-10(13,14)15/h1-2H,3-4H2,(H,18,19). The van der Waals surface area contributed by atoms with E-state index in [9.17, 15) is 22.8 Å². The molecular weight excluding hydrogens is 368 g/mol. The van der Waals surface area contributed by atoms with E-state index in [-0.39, 0.29) is 15.6 Å². The van der Waals surface area contributed by atoms with Gasteiger partial charge in [-0.3, -0.25) is 9.59 Å². The summed E-state index contributed by atoms with van der Waals surface area (Å²) in [6, 6.07) is 1.17. The summed E-state index contributed by atoms with van der Waals surface area (Å²) in [4.78, 5) is 26.2. The molecule has 110 valence electrons. The maximum atomic E-state index is 12.4. The first-order valence-corrected chi connectivity index (χ1v) is 6.16. The summed E-state index contributed by atoms with van der Waals surface area (Å²) in [6.45, 7) is -2.79. The van der Waals surface area contributed by atoms with Crippen molar-refractivity contribution in [3.8, 4) is 0 Å². The van der Waals surface area contributed by atoms with Crippen LogP contribution >= 0.6 is 27.5 Å². The molecule has 1 N–H and O–H groups in total. The van der Waals surface area contributed by atoms with E-state index in [4.69, 9.17) is 16.7 Å². The lowest BCUT2D eigenvalue weighted by Crippen LogP contribution is -2.42. The number of aliphatic carboxylic acids is 1. The molecular formula is C10H7BrClF3N2O3. The first-order valence-electron chi connectivity index (χ1n) is 4.99. The van der Waals surface area contributed by atoms with Crippen molar-refractivity contribution in [1.82, 2.24) is 9.88 Å². The maximum Gasteiger partial charge on any atom is 0.406 e. The van der Waals surface area contributed by atoms with Crippen molar-refractivity contribution in [2.75, 3.05) is 13.1 Å². The zero-order valence-electron chi connectivity index (χ0n) is 9.62. The van der Waals surface area contributed by atoms with Gasteiger partial charge in [-0.1, -0.05) is 11.6 Å². The summed E-state index contributed by atoms with van der Waals surface area (Å²) in [5.74, 6) is -2.73. The molecule has 0 saturated carbocycles. The van der Waals surface area contributed by atoms with Gasteiger partial charge in [0.05, 0.1) is 5.56 Å². The number of aromatic nitrogens is 1. The first kappa shape index (κ1) is 16.7. The third-order valence-corrected chi connectivity index (χ3v) is 2.75. The normalized spacial score (nSPS) is 11.2. The third-order valence-electron chi connectivity index (χ3n) is 2.02. The van der Waals surface area contributed by atoms with Gasteiger partial charge in [0.2, 0.25) is 0 Å². The summed E-state index contributed by atoms with van der Waals surface area (Å²) in [5.41, 5.74) is -0.313. The Morgan fingerprint density at radius 3 is 2.55 bits per heavy atom. The van der Waals surface area contributed by atoms with Crippen LogP contribution in [0.5, 0.6) is 0 Å². The van der Waals surface area contributed by atoms with Gasteiger partial charge in [-0.05, 0) is 22.0 Å². The van der Waals surface area contributed by atoms with Crippen LogP contribution in [0, 0.1) is 0 Å². The number of hydrogen-bond donors (Lipinski definition) is 1. The summed E-state index contributed by atoms with van der Waals surface area (Å²) < 4.78 is 37.4. The number of halogens is 5. The van der Waals surface area contributed by atoms with Crippen LogP contribution in [0.3, 0.4) is 0 Å². The van der Waals surface area contributed by atoms with Crippen molar-refractivity contribution < 1.29 is 27.9 Å². The fourth-order valence-electron chi connectivity index (χ4n) is 1.32. The lowest BCUT2D eigenvalue weighted by molar-refractivity contribution is -0.149. The molecule has 0 atom stereocenters. The minimum Gasteiger partial charge on any atom is -0.480 e. The molecule has 0 aliphatic heterocycles. The molecule has 0 aliphatic carbocycles. The molecule has 1 heterocycles. The van der Waals surface area contributed by atoms with Crippen LogP contribution in [0.1, 0.15) is 10.4 Å². The average molecular weight is 376 g/mol. The van der Waals surface area contributed by atoms with Crippen LogP contribution in [0.15, 0.2) is 16.7 Å². The molecule has 1 aromatic heterocycles. The first-order chi connectivity index (χ1) is 9.10. The van der Waals surface area contributed by atoms with Crippen LogP contribution in [-0.2, 0) is 4.79 Å². The molecule has 0 bridgehead atoms. The Bertz CT molecular complexity index is 539. The Morgan fingerprint density at radius 2 is 2.05 bits per heavy atom. The maximum absolute atomic E-state index is 12.4. The molecule has 0 saturated heterocycles. The highest BCUT2D eigenvalue weighted by Gasteiger charge is 2.35. The van der Waals surface area contributed by atoms with Crippen LogP contribution in [0.4, 0.5) is 13.2 Å². The molecule has 10 heteroatoms. The number of pyridine rings is 1. The van der Waals surface area contributed by atoms with E-state index in [0.717, 1.165) is 0 Å². The van der Waals surface area contributed by atoms with Crippen LogP contribution in [-0.4, -0.2) is 46.1 Å². The summed E-state index contributed by atoms with van der Waals surface area (Å²) >= 11 is 8.63. The second-order valence-corrected chi connectivity index (χ2v) is 4.94. The van der Waals surface area contributed by atoms with Gasteiger partial charge in [0.1, 0.15) is 18.2 Å². The molecule has 0 spiro atoms. The lowest BCUT2D eigenvalue weighted by Gasteiger charge is -2.22. The number of carbonyl (C=O) groups excluding carboxylic acids is 1. The van der Waals surface area contributed by atoms with Crippen LogP contribution in [0.25, 0.3) is 0 Å². The topological polar surface area (TPSA) is 70.5 Å². The van der Waals surface area contributed by atoms with Gasteiger partial charge in [-0.2, -0.15) is 13.2 Å². The number of nitrogens with zero attached hydrogens (tertiary/aromatic N) is 2. The Hall–Kier alpha value is -1.35. The number of carboxylic acid groups (broad SMARTS) is 1. The number of carbonyl (C=O) groups is 2. The molecule has 0 fully saturated rings. The van der Waals surface area contributed by atoms with Crippen LogP contribution in [0.2, 0.25) is 5.15 Å². The number of hydrogen-bond acceptors (Lipinski definition) is 3. The highest BCUT2D eigenvalue weighted by molar-refractivity contribution is 9.10. The van der Waals surface area contributed by atoms with E-state index in [1.54, 1.807) is 0 Å². The monoisotopic (exact) mass is 374 g/mol. The third kappa shape index (κ3) is 4.97. The molecule has 1 amide bonds. The Labute approximate surface area is 124 Å². The van der Waals surface area contributed by atoms with Gasteiger partial charge in [-0.25, -0.2) is 4.98 Å². The minimum atomic E-state index is -4.73. The molecule has 0 radical (unpaired) electrons. The van der Waals surface area contributed by atoms with Crippen molar-refractivity contribution in [2.24, 2.45) is 0 Å². The molecule has 20 heavy (non-hydrogen) atoms. The van der Waals surface area contributed by atoms with E-state index < -0.39 is 31.1 Å². The predicted octanol–water partition coefficient (Wildman–Crippen LogP) is 2.59. The summed E-state index contributed by atoms with van der Waals surface area (Å²) in [7, 11) is 0. The quantitative estimate of drug-likeness (QED) is 0.821. The predicted molar refractivity (Wildman–Crippen MR) is 66.5 cm³/mol. The average Bonchev–Trinajstić information content (AvgIpc) is 2.28. The highest BCUT2D eigenvalue weighted by Crippen LogP contribution is 2.22. The zero-order chi connectivity index (χ0) is 15.5. The van der Waals surface area contributed by atoms with Crippen molar-refractivity contribution >= 4 is 39.4 Å². The van der Waals surface area contributed by atoms with Gasteiger partial charge in [0.25, 0.3) is 5.91 Å². The number of amides is 1. The molecule has 1 rings (SSSR count). The molecule has 5 nitrogen and oxygen atoms in total. The van der Waals surface area contributed by atoms with Gasteiger partial charge < -0.3 is 10.0 Å². The fraction of sp³-hybridized carbons (Fsp3) is 0.300. The van der Waals surface area contributed by atoms with E-state index in [2.05, 4.69) is 20.9 Å².